The zero-order chi connectivity index (χ0) is 20.5. The van der Waals surface area contributed by atoms with Crippen molar-refractivity contribution in [2.75, 3.05) is 25.1 Å². The molecule has 2 aromatic heterocycles. The van der Waals surface area contributed by atoms with Crippen LogP contribution in [0, 0.1) is 5.92 Å². The normalized spacial score (nSPS) is 14.9. The number of ether oxygens (including phenoxy) is 1. The molecule has 0 spiro atoms. The lowest BCUT2D eigenvalue weighted by molar-refractivity contribution is -0.122. The van der Waals surface area contributed by atoms with Gasteiger partial charge in [0.25, 0.3) is 0 Å². The van der Waals surface area contributed by atoms with Gasteiger partial charge in [0.2, 0.25) is 5.91 Å². The molecule has 1 aromatic carbocycles. The average molecular weight is 394 g/mol. The number of hydrogen-bond acceptors (Lipinski definition) is 5. The van der Waals surface area contributed by atoms with Crippen molar-refractivity contribution in [3.8, 4) is 17.0 Å². The molecule has 0 saturated carbocycles. The molecule has 0 unspecified atom stereocenters. The van der Waals surface area contributed by atoms with E-state index in [1.54, 1.807) is 25.4 Å². The van der Waals surface area contributed by atoms with E-state index >= 15 is 0 Å². The molecule has 1 aliphatic rings. The third-order valence-corrected chi connectivity index (χ3v) is 5.46. The van der Waals surface area contributed by atoms with Gasteiger partial charge < -0.3 is 20.5 Å². The summed E-state index contributed by atoms with van der Waals surface area (Å²) < 4.78 is 6.49. The monoisotopic (exact) mass is 394 g/mol. The number of carbonyl (C=O) groups excluding carboxylic acids is 1. The van der Waals surface area contributed by atoms with Crippen LogP contribution >= 0.6 is 0 Å². The minimum atomic E-state index is -1.06. The molecule has 0 atom stereocenters. The average Bonchev–Trinajstić information content (AvgIpc) is 3.12. The van der Waals surface area contributed by atoms with E-state index in [9.17, 15) is 14.7 Å². The summed E-state index contributed by atoms with van der Waals surface area (Å²) in [5.74, 6) is 1.15. The number of rotatable bonds is 4. The maximum absolute atomic E-state index is 11.9. The van der Waals surface area contributed by atoms with Crippen LogP contribution in [0.5, 0.6) is 5.75 Å². The highest BCUT2D eigenvalue weighted by molar-refractivity contribution is 5.96. The number of aromatic nitrogens is 2. The van der Waals surface area contributed by atoms with Gasteiger partial charge in [0, 0.05) is 36.2 Å². The van der Waals surface area contributed by atoms with Gasteiger partial charge in [-0.15, -0.1) is 0 Å². The first-order valence-electron chi connectivity index (χ1n) is 9.41. The predicted molar refractivity (Wildman–Crippen MR) is 109 cm³/mol. The zero-order valence-corrected chi connectivity index (χ0v) is 16.0. The van der Waals surface area contributed by atoms with Crippen molar-refractivity contribution in [3.63, 3.8) is 0 Å². The maximum Gasteiger partial charge on any atom is 0.416 e. The lowest BCUT2D eigenvalue weighted by atomic mass is 9.96. The summed E-state index contributed by atoms with van der Waals surface area (Å²) in [7, 11) is 1.57. The number of hydrogen-bond donors (Lipinski definition) is 2. The number of carbonyl (C=O) groups is 2. The summed E-state index contributed by atoms with van der Waals surface area (Å²) in [6.45, 7) is 1.43. The molecular weight excluding hydrogens is 372 g/mol. The lowest BCUT2D eigenvalue weighted by Crippen LogP contribution is -2.38. The Kier molecular flexibility index (Phi) is 4.84. The van der Waals surface area contributed by atoms with Crippen LogP contribution in [0.2, 0.25) is 0 Å². The van der Waals surface area contributed by atoms with Gasteiger partial charge in [-0.25, -0.2) is 14.3 Å². The third kappa shape index (κ3) is 3.49. The first-order chi connectivity index (χ1) is 14.0. The molecule has 1 amide bonds. The summed E-state index contributed by atoms with van der Waals surface area (Å²) in [5.41, 5.74) is 7.24. The van der Waals surface area contributed by atoms with Crippen molar-refractivity contribution in [3.05, 3.63) is 42.6 Å². The minimum Gasteiger partial charge on any atom is -0.497 e. The molecule has 0 bridgehead atoms. The second-order valence-electron chi connectivity index (χ2n) is 7.14. The van der Waals surface area contributed by atoms with Gasteiger partial charge in [-0.3, -0.25) is 4.79 Å². The Morgan fingerprint density at radius 1 is 1.17 bits per heavy atom. The predicted octanol–water partition coefficient (Wildman–Crippen LogP) is 2.94. The fourth-order valence-corrected chi connectivity index (χ4v) is 3.86. The van der Waals surface area contributed by atoms with Crippen molar-refractivity contribution in [2.24, 2.45) is 11.7 Å². The number of anilines is 1. The van der Waals surface area contributed by atoms with Crippen molar-refractivity contribution in [1.82, 2.24) is 9.55 Å². The first kappa shape index (κ1) is 18.8. The molecule has 3 aromatic rings. The Balaban J connectivity index is 1.64. The Morgan fingerprint density at radius 3 is 2.52 bits per heavy atom. The number of benzene rings is 1. The van der Waals surface area contributed by atoms with Crippen LogP contribution in [0.25, 0.3) is 22.2 Å². The Morgan fingerprint density at radius 2 is 1.93 bits per heavy atom. The van der Waals surface area contributed by atoms with E-state index < -0.39 is 6.09 Å². The van der Waals surface area contributed by atoms with Crippen LogP contribution in [0.4, 0.5) is 10.6 Å². The standard InChI is InChI=1S/C21H22N4O4/c1-29-16-3-4-17-15(10-16)11-18(25(17)21(27)28)14-2-5-19(23-12-14)24-8-6-13(7-9-24)20(22)26/h2-5,10-13H,6-9H2,1H3,(H2,22,26)(H,27,28). The van der Waals surface area contributed by atoms with Gasteiger partial charge in [0.05, 0.1) is 18.3 Å². The second kappa shape index (κ2) is 7.46. The lowest BCUT2D eigenvalue weighted by Gasteiger charge is -2.31. The second-order valence-corrected chi connectivity index (χ2v) is 7.14. The molecule has 8 nitrogen and oxygen atoms in total. The van der Waals surface area contributed by atoms with Crippen LogP contribution < -0.4 is 15.4 Å². The Labute approximate surface area is 167 Å². The number of methoxy groups -OCH3 is 1. The highest BCUT2D eigenvalue weighted by Gasteiger charge is 2.24. The minimum absolute atomic E-state index is 0.0752. The smallest absolute Gasteiger partial charge is 0.416 e. The molecule has 3 heterocycles. The third-order valence-electron chi connectivity index (χ3n) is 5.46. The number of carboxylic acid groups (broad SMARTS) is 1. The van der Waals surface area contributed by atoms with Crippen molar-refractivity contribution < 1.29 is 19.4 Å². The molecule has 4 rings (SSSR count). The molecule has 3 N–H and O–H groups in total. The fraction of sp³-hybridized carbons (Fsp3) is 0.286. The molecule has 8 heteroatoms. The Bertz CT molecular complexity index is 1070. The van der Waals surface area contributed by atoms with Crippen LogP contribution in [0.3, 0.4) is 0 Å². The van der Waals surface area contributed by atoms with Crippen molar-refractivity contribution in [1.29, 1.82) is 0 Å². The maximum atomic E-state index is 11.9. The number of amides is 1. The Hall–Kier alpha value is -3.55. The number of primary amides is 1. The molecule has 1 saturated heterocycles. The van der Waals surface area contributed by atoms with Crippen molar-refractivity contribution >= 4 is 28.7 Å². The number of pyridine rings is 1. The van der Waals surface area contributed by atoms with Gasteiger partial charge in [0.15, 0.2) is 0 Å². The number of nitrogens with zero attached hydrogens (tertiary/aromatic N) is 3. The highest BCUT2D eigenvalue weighted by Crippen LogP contribution is 2.31. The summed E-state index contributed by atoms with van der Waals surface area (Å²) in [6, 6.07) is 10.8. The number of fused-ring (bicyclic) bond motifs is 1. The summed E-state index contributed by atoms with van der Waals surface area (Å²) in [6.07, 6.45) is 2.06. The van der Waals surface area contributed by atoms with E-state index in [0.29, 0.717) is 35.4 Å². The van der Waals surface area contributed by atoms with Crippen LogP contribution in [0.15, 0.2) is 42.6 Å². The van der Waals surface area contributed by atoms with E-state index in [4.69, 9.17) is 10.5 Å². The van der Waals surface area contributed by atoms with Crippen molar-refractivity contribution in [2.45, 2.75) is 12.8 Å². The fourth-order valence-electron chi connectivity index (χ4n) is 3.86. The van der Waals surface area contributed by atoms with Gasteiger partial charge in [-0.2, -0.15) is 0 Å². The molecule has 0 radical (unpaired) electrons. The summed E-state index contributed by atoms with van der Waals surface area (Å²) >= 11 is 0. The van der Waals surface area contributed by atoms with E-state index in [0.717, 1.165) is 24.3 Å². The summed E-state index contributed by atoms with van der Waals surface area (Å²) in [4.78, 5) is 29.9. The summed E-state index contributed by atoms with van der Waals surface area (Å²) in [5, 5.41) is 10.5. The first-order valence-corrected chi connectivity index (χ1v) is 9.41. The van der Waals surface area contributed by atoms with E-state index in [-0.39, 0.29) is 11.8 Å². The van der Waals surface area contributed by atoms with Gasteiger partial charge in [-0.1, -0.05) is 0 Å². The molecular formula is C21H22N4O4. The number of nitrogens with two attached hydrogens (primary N) is 1. The van der Waals surface area contributed by atoms with Crippen LogP contribution in [-0.4, -0.2) is 46.9 Å². The molecule has 1 fully saturated rings. The van der Waals surface area contributed by atoms with E-state index in [1.807, 2.05) is 24.3 Å². The van der Waals surface area contributed by atoms with Crippen LogP contribution in [-0.2, 0) is 4.79 Å². The van der Waals surface area contributed by atoms with Crippen LogP contribution in [0.1, 0.15) is 12.8 Å². The highest BCUT2D eigenvalue weighted by atomic mass is 16.5. The zero-order valence-electron chi connectivity index (χ0n) is 16.0. The largest absolute Gasteiger partial charge is 0.497 e. The topological polar surface area (TPSA) is 111 Å². The van der Waals surface area contributed by atoms with E-state index in [2.05, 4.69) is 9.88 Å². The number of piperidine rings is 1. The molecule has 0 aliphatic carbocycles. The molecule has 1 aliphatic heterocycles. The molecule has 150 valence electrons. The SMILES string of the molecule is COc1ccc2c(c1)cc(-c1ccc(N3CCC(C(N)=O)CC3)nc1)n2C(=O)O. The quantitative estimate of drug-likeness (QED) is 0.704. The van der Waals surface area contributed by atoms with E-state index in [1.165, 1.54) is 4.57 Å². The van der Waals surface area contributed by atoms with Gasteiger partial charge in [0.1, 0.15) is 11.6 Å². The van der Waals surface area contributed by atoms with Gasteiger partial charge in [-0.05, 0) is 49.2 Å². The molecule has 29 heavy (non-hydrogen) atoms. The van der Waals surface area contributed by atoms with Gasteiger partial charge >= 0.3 is 6.09 Å².